The van der Waals surface area contributed by atoms with Crippen molar-refractivity contribution in [3.05, 3.63) is 51.5 Å². The summed E-state index contributed by atoms with van der Waals surface area (Å²) >= 11 is 2.02. The monoisotopic (exact) mass is 484 g/mol. The molecule has 1 atom stereocenters. The predicted molar refractivity (Wildman–Crippen MR) is 109 cm³/mol. The highest BCUT2D eigenvalue weighted by Crippen LogP contribution is 2.31. The summed E-state index contributed by atoms with van der Waals surface area (Å²) in [4.78, 5) is 17.1. The number of hydrogen-bond acceptors (Lipinski definition) is 5. The molecule has 0 saturated carbocycles. The summed E-state index contributed by atoms with van der Waals surface area (Å²) in [6.07, 6.45) is 0.543. The maximum Gasteiger partial charge on any atom is 0.255 e. The van der Waals surface area contributed by atoms with Crippen molar-refractivity contribution in [3.8, 4) is 0 Å². The molecule has 0 fully saturated rings. The number of benzene rings is 1. The van der Waals surface area contributed by atoms with Crippen LogP contribution >= 0.6 is 22.6 Å². The quantitative estimate of drug-likeness (QED) is 0.402. The number of nitrogens with one attached hydrogen (secondary N) is 2. The molecule has 3 rings (SSSR count). The molecule has 2 heterocycles. The van der Waals surface area contributed by atoms with Crippen LogP contribution in [0.25, 0.3) is 11.0 Å². The van der Waals surface area contributed by atoms with E-state index in [1.807, 2.05) is 22.6 Å². The zero-order valence-corrected chi connectivity index (χ0v) is 16.6. The largest absolute Gasteiger partial charge is 0.394 e. The number of hydrogen-bond donors (Lipinski definition) is 4. The minimum absolute atomic E-state index is 0.108. The Morgan fingerprint density at radius 3 is 2.89 bits per heavy atom. The lowest BCUT2D eigenvalue weighted by molar-refractivity contribution is 0.0803. The third-order valence-electron chi connectivity index (χ3n) is 4.07. The van der Waals surface area contributed by atoms with Gasteiger partial charge < -0.3 is 25.4 Å². The molecule has 0 aliphatic carbocycles. The minimum Gasteiger partial charge on any atom is -0.394 e. The van der Waals surface area contributed by atoms with Crippen LogP contribution in [0.5, 0.6) is 0 Å². The molecule has 0 aliphatic rings. The van der Waals surface area contributed by atoms with Crippen molar-refractivity contribution in [2.45, 2.75) is 6.10 Å². The first-order chi connectivity index (χ1) is 12.9. The number of pyridine rings is 1. The zero-order chi connectivity index (χ0) is 19.6. The number of halogens is 2. The van der Waals surface area contributed by atoms with E-state index in [2.05, 4.69) is 15.6 Å². The van der Waals surface area contributed by atoms with Gasteiger partial charge in [-0.2, -0.15) is 0 Å². The highest BCUT2D eigenvalue weighted by atomic mass is 127. The van der Waals surface area contributed by atoms with Gasteiger partial charge in [0.05, 0.1) is 24.0 Å². The van der Waals surface area contributed by atoms with E-state index >= 15 is 0 Å². The van der Waals surface area contributed by atoms with Crippen LogP contribution in [0.2, 0.25) is 0 Å². The van der Waals surface area contributed by atoms with Crippen molar-refractivity contribution >= 4 is 51.0 Å². The molecular weight excluding hydrogens is 466 g/mol. The molecule has 4 N–H and O–H groups in total. The molecule has 142 valence electrons. The lowest BCUT2D eigenvalue weighted by Crippen LogP contribution is -2.34. The van der Waals surface area contributed by atoms with E-state index in [1.165, 1.54) is 6.07 Å². The minimum atomic E-state index is -1.06. The molecule has 0 bridgehead atoms. The Morgan fingerprint density at radius 2 is 2.19 bits per heavy atom. The summed E-state index contributed by atoms with van der Waals surface area (Å²) in [6.45, 7) is -0.570. The number of carbonyl (C=O) groups is 1. The lowest BCUT2D eigenvalue weighted by Gasteiger charge is -2.13. The SMILES string of the molecule is Cn1c(Nc2ccc(I)cc2F)c(C(=O)NC[C@H](O)CO)c2cccnc21. The smallest absolute Gasteiger partial charge is 0.255 e. The second kappa shape index (κ2) is 8.19. The number of fused-ring (bicyclic) bond motifs is 1. The normalized spacial score (nSPS) is 12.2. The summed E-state index contributed by atoms with van der Waals surface area (Å²) < 4.78 is 16.7. The first kappa shape index (κ1) is 19.5. The number of nitrogens with zero attached hydrogens (tertiary/aromatic N) is 2. The molecule has 0 saturated heterocycles. The number of aryl methyl sites for hydroxylation is 1. The van der Waals surface area contributed by atoms with Gasteiger partial charge in [0.1, 0.15) is 17.3 Å². The van der Waals surface area contributed by atoms with Crippen molar-refractivity contribution in [2.24, 2.45) is 7.05 Å². The number of aromatic nitrogens is 2. The first-order valence-corrected chi connectivity index (χ1v) is 9.22. The maximum absolute atomic E-state index is 14.3. The number of aliphatic hydroxyl groups is 2. The van der Waals surface area contributed by atoms with E-state index < -0.39 is 24.4 Å². The van der Waals surface area contributed by atoms with E-state index in [0.29, 0.717) is 16.9 Å². The van der Waals surface area contributed by atoms with Crippen molar-refractivity contribution in [2.75, 3.05) is 18.5 Å². The molecule has 0 unspecified atom stereocenters. The second-order valence-corrected chi connectivity index (χ2v) is 7.20. The fraction of sp³-hybridized carbons (Fsp3) is 0.222. The van der Waals surface area contributed by atoms with Gasteiger partial charge in [0.2, 0.25) is 0 Å². The van der Waals surface area contributed by atoms with Crippen LogP contribution in [0.1, 0.15) is 10.4 Å². The maximum atomic E-state index is 14.3. The van der Waals surface area contributed by atoms with Crippen molar-refractivity contribution in [1.29, 1.82) is 0 Å². The van der Waals surface area contributed by atoms with E-state index in [4.69, 9.17) is 5.11 Å². The summed E-state index contributed by atoms with van der Waals surface area (Å²) in [6, 6.07) is 8.19. The van der Waals surface area contributed by atoms with Gasteiger partial charge in [-0.1, -0.05) is 0 Å². The van der Waals surface area contributed by atoms with E-state index in [1.54, 1.807) is 42.1 Å². The molecule has 1 aromatic carbocycles. The highest BCUT2D eigenvalue weighted by molar-refractivity contribution is 14.1. The van der Waals surface area contributed by atoms with Crippen molar-refractivity contribution < 1.29 is 19.4 Å². The van der Waals surface area contributed by atoms with Gasteiger partial charge >= 0.3 is 0 Å². The van der Waals surface area contributed by atoms with E-state index in [0.717, 1.165) is 3.57 Å². The molecule has 9 heteroatoms. The Bertz CT molecular complexity index is 992. The molecule has 1 amide bonds. The van der Waals surface area contributed by atoms with Crippen LogP contribution in [-0.2, 0) is 7.05 Å². The van der Waals surface area contributed by atoms with Gasteiger partial charge in [-0.25, -0.2) is 9.37 Å². The third-order valence-corrected chi connectivity index (χ3v) is 4.74. The van der Waals surface area contributed by atoms with Gasteiger partial charge in [-0.15, -0.1) is 0 Å². The van der Waals surface area contributed by atoms with Gasteiger partial charge in [-0.3, -0.25) is 4.79 Å². The molecular formula is C18H18FIN4O3. The van der Waals surface area contributed by atoms with Crippen LogP contribution in [0.3, 0.4) is 0 Å². The van der Waals surface area contributed by atoms with Crippen LogP contribution in [-0.4, -0.2) is 44.9 Å². The summed E-state index contributed by atoms with van der Waals surface area (Å²) in [5.74, 6) is -0.531. The van der Waals surface area contributed by atoms with Crippen molar-refractivity contribution in [1.82, 2.24) is 14.9 Å². The van der Waals surface area contributed by atoms with Crippen LogP contribution < -0.4 is 10.6 Å². The fourth-order valence-corrected chi connectivity index (χ4v) is 3.17. The zero-order valence-electron chi connectivity index (χ0n) is 14.4. The molecule has 0 aliphatic heterocycles. The van der Waals surface area contributed by atoms with Crippen LogP contribution in [0.4, 0.5) is 15.9 Å². The Hall–Kier alpha value is -2.24. The highest BCUT2D eigenvalue weighted by Gasteiger charge is 2.23. The molecule has 0 radical (unpaired) electrons. The van der Waals surface area contributed by atoms with Gasteiger partial charge in [0.25, 0.3) is 5.91 Å². The van der Waals surface area contributed by atoms with Crippen LogP contribution in [0.15, 0.2) is 36.5 Å². The topological polar surface area (TPSA) is 99.4 Å². The average Bonchev–Trinajstić information content (AvgIpc) is 2.94. The first-order valence-electron chi connectivity index (χ1n) is 8.15. The van der Waals surface area contributed by atoms with Gasteiger partial charge in [0.15, 0.2) is 0 Å². The third kappa shape index (κ3) is 4.04. The summed E-state index contributed by atoms with van der Waals surface area (Å²) in [5.41, 5.74) is 1.06. The Balaban J connectivity index is 2.05. The lowest BCUT2D eigenvalue weighted by atomic mass is 10.2. The molecule has 0 spiro atoms. The fourth-order valence-electron chi connectivity index (χ4n) is 2.72. The predicted octanol–water partition coefficient (Wildman–Crippen LogP) is 2.14. The number of aliphatic hydroxyl groups excluding tert-OH is 2. The van der Waals surface area contributed by atoms with Gasteiger partial charge in [-0.05, 0) is 52.9 Å². The summed E-state index contributed by atoms with van der Waals surface area (Å²) in [7, 11) is 1.72. The number of anilines is 2. The number of carbonyl (C=O) groups excluding carboxylic acids is 1. The Labute approximate surface area is 168 Å². The van der Waals surface area contributed by atoms with Crippen molar-refractivity contribution in [3.63, 3.8) is 0 Å². The molecule has 27 heavy (non-hydrogen) atoms. The summed E-state index contributed by atoms with van der Waals surface area (Å²) in [5, 5.41) is 24.6. The number of rotatable bonds is 6. The molecule has 2 aromatic heterocycles. The second-order valence-electron chi connectivity index (χ2n) is 5.95. The van der Waals surface area contributed by atoms with E-state index in [-0.39, 0.29) is 17.8 Å². The van der Waals surface area contributed by atoms with Crippen LogP contribution in [0, 0.1) is 9.39 Å². The Morgan fingerprint density at radius 1 is 1.41 bits per heavy atom. The van der Waals surface area contributed by atoms with Gasteiger partial charge in [0, 0.05) is 28.7 Å². The molecule has 3 aromatic rings. The Kier molecular flexibility index (Phi) is 5.92. The standard InChI is InChI=1S/C18H18FIN4O3/c1-24-16-12(3-2-6-21-16)15(18(27)22-8-11(26)9-25)17(24)23-14-5-4-10(20)7-13(14)19/h2-7,11,23,25-26H,8-9H2,1H3,(H,22,27)/t11-/m0/s1. The number of amides is 1. The molecule has 7 nitrogen and oxygen atoms in total. The van der Waals surface area contributed by atoms with E-state index in [9.17, 15) is 14.3 Å². The average molecular weight is 484 g/mol.